The van der Waals surface area contributed by atoms with Crippen LogP contribution in [0.4, 0.5) is 4.79 Å². The lowest BCUT2D eigenvalue weighted by Crippen LogP contribution is -2.26. The molecule has 0 aromatic carbocycles. The van der Waals surface area contributed by atoms with Gasteiger partial charge in [-0.2, -0.15) is 0 Å². The molecule has 0 fully saturated rings. The molecule has 1 unspecified atom stereocenters. The molecule has 0 amide bonds. The molecule has 0 saturated heterocycles. The van der Waals surface area contributed by atoms with Crippen molar-refractivity contribution in [2.24, 2.45) is 0 Å². The van der Waals surface area contributed by atoms with E-state index < -0.39 is 12.3 Å². The fourth-order valence-corrected chi connectivity index (χ4v) is 0.549. The Morgan fingerprint density at radius 2 is 2.33 bits per heavy atom. The van der Waals surface area contributed by atoms with Gasteiger partial charge in [0.25, 0.3) is 0 Å². The molecule has 70 valence electrons. The van der Waals surface area contributed by atoms with E-state index in [1.165, 1.54) is 6.08 Å². The number of hydrogen-bond donors (Lipinski definition) is 2. The number of hydrogen-bond acceptors (Lipinski definition) is 4. The number of ether oxygens (including phenoxy) is 2. The van der Waals surface area contributed by atoms with Crippen LogP contribution in [-0.2, 0) is 9.47 Å². The zero-order valence-corrected chi connectivity index (χ0v) is 6.60. The maximum Gasteiger partial charge on any atom is 0.506 e. The van der Waals surface area contributed by atoms with Gasteiger partial charge in [0.1, 0.15) is 0 Å². The summed E-state index contributed by atoms with van der Waals surface area (Å²) in [4.78, 5) is 9.99. The molecule has 0 aromatic heterocycles. The van der Waals surface area contributed by atoms with Gasteiger partial charge in [-0.25, -0.2) is 4.79 Å². The van der Waals surface area contributed by atoms with Crippen molar-refractivity contribution in [3.05, 3.63) is 12.7 Å². The SMILES string of the molecule is C=CCOCC(CO)OC(=O)O. The van der Waals surface area contributed by atoms with Crippen molar-refractivity contribution < 1.29 is 24.5 Å². The van der Waals surface area contributed by atoms with Crippen molar-refractivity contribution in [1.82, 2.24) is 0 Å². The molecule has 0 aromatic rings. The minimum absolute atomic E-state index is 0.0365. The van der Waals surface area contributed by atoms with Gasteiger partial charge in [0.2, 0.25) is 0 Å². The molecule has 0 spiro atoms. The molecule has 0 aliphatic heterocycles. The van der Waals surface area contributed by atoms with Crippen molar-refractivity contribution >= 4 is 6.16 Å². The van der Waals surface area contributed by atoms with Crippen LogP contribution in [0.1, 0.15) is 0 Å². The van der Waals surface area contributed by atoms with Gasteiger partial charge >= 0.3 is 6.16 Å². The van der Waals surface area contributed by atoms with E-state index in [1.54, 1.807) is 0 Å². The lowest BCUT2D eigenvalue weighted by atomic mass is 10.4. The Morgan fingerprint density at radius 3 is 2.75 bits per heavy atom. The Labute approximate surface area is 70.2 Å². The summed E-state index contributed by atoms with van der Waals surface area (Å²) >= 11 is 0. The van der Waals surface area contributed by atoms with E-state index in [4.69, 9.17) is 14.9 Å². The number of carbonyl (C=O) groups is 1. The quantitative estimate of drug-likeness (QED) is 0.344. The van der Waals surface area contributed by atoms with Gasteiger partial charge < -0.3 is 19.7 Å². The third-order valence-corrected chi connectivity index (χ3v) is 1.01. The van der Waals surface area contributed by atoms with Crippen molar-refractivity contribution in [2.45, 2.75) is 6.10 Å². The van der Waals surface area contributed by atoms with Gasteiger partial charge in [0.15, 0.2) is 6.10 Å². The Hall–Kier alpha value is -1.07. The molecule has 0 rings (SSSR count). The zero-order chi connectivity index (χ0) is 9.40. The fraction of sp³-hybridized carbons (Fsp3) is 0.571. The molecule has 5 heteroatoms. The first-order valence-electron chi connectivity index (χ1n) is 3.39. The van der Waals surface area contributed by atoms with E-state index in [-0.39, 0.29) is 13.2 Å². The van der Waals surface area contributed by atoms with Crippen LogP contribution in [0.25, 0.3) is 0 Å². The highest BCUT2D eigenvalue weighted by Crippen LogP contribution is 1.93. The fourth-order valence-electron chi connectivity index (χ4n) is 0.549. The number of aliphatic hydroxyl groups excluding tert-OH is 1. The predicted octanol–water partition coefficient (Wildman–Crippen LogP) is 0.244. The van der Waals surface area contributed by atoms with E-state index in [0.717, 1.165) is 0 Å². The van der Waals surface area contributed by atoms with Crippen molar-refractivity contribution in [3.63, 3.8) is 0 Å². The largest absolute Gasteiger partial charge is 0.506 e. The van der Waals surface area contributed by atoms with Gasteiger partial charge in [-0.15, -0.1) is 6.58 Å². The molecule has 2 N–H and O–H groups in total. The monoisotopic (exact) mass is 176 g/mol. The summed E-state index contributed by atoms with van der Waals surface area (Å²) in [5, 5.41) is 16.7. The maximum atomic E-state index is 9.99. The summed E-state index contributed by atoms with van der Waals surface area (Å²) < 4.78 is 9.12. The van der Waals surface area contributed by atoms with Gasteiger partial charge in [0, 0.05) is 0 Å². The minimum atomic E-state index is -1.42. The highest BCUT2D eigenvalue weighted by atomic mass is 16.7. The first kappa shape index (κ1) is 10.9. The number of aliphatic hydroxyl groups is 1. The second kappa shape index (κ2) is 6.63. The van der Waals surface area contributed by atoms with Crippen LogP contribution >= 0.6 is 0 Å². The predicted molar refractivity (Wildman–Crippen MR) is 41.0 cm³/mol. The molecule has 0 radical (unpaired) electrons. The Kier molecular flexibility index (Phi) is 6.04. The van der Waals surface area contributed by atoms with E-state index in [1.807, 2.05) is 0 Å². The molecular formula is C7H12O5. The summed E-state index contributed by atoms with van der Waals surface area (Å²) in [5.41, 5.74) is 0. The lowest BCUT2D eigenvalue weighted by Gasteiger charge is -2.12. The third kappa shape index (κ3) is 5.70. The number of carboxylic acid groups (broad SMARTS) is 1. The zero-order valence-electron chi connectivity index (χ0n) is 6.60. The Balaban J connectivity index is 3.52. The van der Waals surface area contributed by atoms with E-state index >= 15 is 0 Å². The Bertz CT molecular complexity index is 145. The van der Waals surface area contributed by atoms with E-state index in [9.17, 15) is 4.79 Å². The average Bonchev–Trinajstić information content (AvgIpc) is 2.02. The molecule has 12 heavy (non-hydrogen) atoms. The molecule has 5 nitrogen and oxygen atoms in total. The molecule has 0 bridgehead atoms. The smallest absolute Gasteiger partial charge is 0.450 e. The van der Waals surface area contributed by atoms with Crippen molar-refractivity contribution in [2.75, 3.05) is 19.8 Å². The second-order valence-electron chi connectivity index (χ2n) is 2.01. The second-order valence-corrected chi connectivity index (χ2v) is 2.01. The molecule has 0 saturated carbocycles. The normalized spacial score (nSPS) is 12.1. The van der Waals surface area contributed by atoms with Crippen LogP contribution in [-0.4, -0.2) is 42.3 Å². The highest BCUT2D eigenvalue weighted by molar-refractivity contribution is 5.57. The van der Waals surface area contributed by atoms with Gasteiger partial charge in [-0.1, -0.05) is 6.08 Å². The van der Waals surface area contributed by atoms with E-state index in [0.29, 0.717) is 6.61 Å². The Morgan fingerprint density at radius 1 is 1.67 bits per heavy atom. The van der Waals surface area contributed by atoms with Crippen molar-refractivity contribution in [3.8, 4) is 0 Å². The summed E-state index contributed by atoms with van der Waals surface area (Å²) in [5.74, 6) is 0. The third-order valence-electron chi connectivity index (χ3n) is 1.01. The first-order valence-corrected chi connectivity index (χ1v) is 3.39. The van der Waals surface area contributed by atoms with Crippen molar-refractivity contribution in [1.29, 1.82) is 0 Å². The van der Waals surface area contributed by atoms with E-state index in [2.05, 4.69) is 11.3 Å². The topological polar surface area (TPSA) is 76.0 Å². The maximum absolute atomic E-state index is 9.99. The van der Waals surface area contributed by atoms with Gasteiger partial charge in [0.05, 0.1) is 19.8 Å². The van der Waals surface area contributed by atoms with Crippen LogP contribution in [0.2, 0.25) is 0 Å². The summed E-state index contributed by atoms with van der Waals surface area (Å²) in [6.07, 6.45) is -0.714. The molecular weight excluding hydrogens is 164 g/mol. The molecule has 1 atom stereocenters. The summed E-state index contributed by atoms with van der Waals surface area (Å²) in [6, 6.07) is 0. The minimum Gasteiger partial charge on any atom is -0.450 e. The molecule has 0 aliphatic carbocycles. The van der Waals surface area contributed by atoms with Crippen LogP contribution in [0.5, 0.6) is 0 Å². The first-order chi connectivity index (χ1) is 5.70. The van der Waals surface area contributed by atoms with Crippen LogP contribution in [0, 0.1) is 0 Å². The standard InChI is InChI=1S/C7H12O5/c1-2-3-11-5-6(4-8)12-7(9)10/h2,6,8H,1,3-5H2,(H,9,10). The molecule has 0 heterocycles. The summed E-state index contributed by atoms with van der Waals surface area (Å²) in [6.45, 7) is 3.36. The van der Waals surface area contributed by atoms with Gasteiger partial charge in [-0.3, -0.25) is 0 Å². The highest BCUT2D eigenvalue weighted by Gasteiger charge is 2.11. The van der Waals surface area contributed by atoms with Crippen LogP contribution in [0.3, 0.4) is 0 Å². The van der Waals surface area contributed by atoms with Crippen LogP contribution < -0.4 is 0 Å². The lowest BCUT2D eigenvalue weighted by molar-refractivity contribution is -0.0196. The summed E-state index contributed by atoms with van der Waals surface area (Å²) in [7, 11) is 0. The van der Waals surface area contributed by atoms with Crippen LogP contribution in [0.15, 0.2) is 12.7 Å². The van der Waals surface area contributed by atoms with Gasteiger partial charge in [-0.05, 0) is 0 Å². The average molecular weight is 176 g/mol. The number of rotatable bonds is 6. The molecule has 0 aliphatic rings.